The molecular weight excluding hydrogens is 335 g/mol. The van der Waals surface area contributed by atoms with E-state index in [2.05, 4.69) is 19.9 Å². The van der Waals surface area contributed by atoms with Crippen LogP contribution in [-0.2, 0) is 10.9 Å². The highest BCUT2D eigenvalue weighted by molar-refractivity contribution is 7.70. The fraction of sp³-hybridized carbons (Fsp3) is 0.429. The van der Waals surface area contributed by atoms with Crippen molar-refractivity contribution in [3.05, 3.63) is 35.6 Å². The molecule has 0 amide bonds. The lowest BCUT2D eigenvalue weighted by Crippen LogP contribution is -2.39. The third kappa shape index (κ3) is 3.82. The Morgan fingerprint density at radius 1 is 1.29 bits per heavy atom. The van der Waals surface area contributed by atoms with Crippen molar-refractivity contribution in [1.29, 1.82) is 0 Å². The van der Waals surface area contributed by atoms with E-state index in [0.717, 1.165) is 18.4 Å². The van der Waals surface area contributed by atoms with Crippen molar-refractivity contribution in [2.24, 2.45) is 5.92 Å². The topological polar surface area (TPSA) is 117 Å². The summed E-state index contributed by atoms with van der Waals surface area (Å²) < 4.78 is 38.1. The summed E-state index contributed by atoms with van der Waals surface area (Å²) >= 11 is 0. The van der Waals surface area contributed by atoms with E-state index in [1.54, 1.807) is 12.1 Å². The molecule has 1 aliphatic heterocycles. The third-order valence-corrected chi connectivity index (χ3v) is 4.76. The highest BCUT2D eigenvalue weighted by Gasteiger charge is 2.29. The van der Waals surface area contributed by atoms with Gasteiger partial charge in [0.15, 0.2) is 0 Å². The van der Waals surface area contributed by atoms with Crippen LogP contribution in [0, 0.1) is 11.7 Å². The number of halogens is 1. The van der Waals surface area contributed by atoms with Gasteiger partial charge in [0.25, 0.3) is 0 Å². The van der Waals surface area contributed by atoms with Gasteiger partial charge in [0.1, 0.15) is 5.82 Å². The Kier molecular flexibility index (Phi) is 4.95. The zero-order valence-electron chi connectivity index (χ0n) is 12.9. The minimum Gasteiger partial charge on any atom is -0.366 e. The van der Waals surface area contributed by atoms with Gasteiger partial charge in [-0.1, -0.05) is 12.1 Å². The lowest BCUT2D eigenvalue weighted by atomic mass is 9.86. The molecule has 3 rings (SSSR count). The third-order valence-electron chi connectivity index (χ3n) is 4.28. The SMILES string of the molecule is Nc1n[nH]c(N2CCC(C(N[SH](=O)=O)c3ccc(F)cc3)CC2)n1. The summed E-state index contributed by atoms with van der Waals surface area (Å²) in [6.45, 7) is 1.41. The van der Waals surface area contributed by atoms with E-state index >= 15 is 0 Å². The molecule has 2 aromatic rings. The van der Waals surface area contributed by atoms with Gasteiger partial charge in [-0.15, -0.1) is 5.10 Å². The Morgan fingerprint density at radius 3 is 2.50 bits per heavy atom. The lowest BCUT2D eigenvalue weighted by Gasteiger charge is -2.35. The molecule has 10 heteroatoms. The summed E-state index contributed by atoms with van der Waals surface area (Å²) in [5.41, 5.74) is 6.28. The fourth-order valence-electron chi connectivity index (χ4n) is 3.09. The summed E-state index contributed by atoms with van der Waals surface area (Å²) in [5, 5.41) is 6.59. The van der Waals surface area contributed by atoms with Crippen molar-refractivity contribution < 1.29 is 12.8 Å². The standard InChI is InChI=1S/C14H19FN6O2S/c15-11-3-1-9(2-4-11)12(20-24(22)23)10-5-7-21(8-6-10)14-17-13(16)18-19-14/h1-4,10,12,24H,5-8H2,(H,20,22,23)(H3,16,17,18,19). The van der Waals surface area contributed by atoms with Gasteiger partial charge in [0.2, 0.25) is 22.8 Å². The average molecular weight is 354 g/mol. The number of anilines is 2. The maximum absolute atomic E-state index is 13.1. The monoisotopic (exact) mass is 354 g/mol. The normalized spacial score (nSPS) is 17.3. The van der Waals surface area contributed by atoms with Crippen molar-refractivity contribution >= 4 is 22.8 Å². The number of H-pyrrole nitrogens is 1. The van der Waals surface area contributed by atoms with E-state index in [1.165, 1.54) is 12.1 Å². The summed E-state index contributed by atoms with van der Waals surface area (Å²) in [7, 11) is -2.75. The summed E-state index contributed by atoms with van der Waals surface area (Å²) in [4.78, 5) is 6.13. The molecule has 4 N–H and O–H groups in total. The number of rotatable bonds is 5. The number of aromatic amines is 1. The van der Waals surface area contributed by atoms with Crippen LogP contribution in [0.1, 0.15) is 24.4 Å². The number of hydrogen-bond donors (Lipinski definition) is 4. The van der Waals surface area contributed by atoms with Crippen LogP contribution in [0.5, 0.6) is 0 Å². The van der Waals surface area contributed by atoms with E-state index in [4.69, 9.17) is 5.73 Å². The van der Waals surface area contributed by atoms with E-state index in [0.29, 0.717) is 19.0 Å². The van der Waals surface area contributed by atoms with Gasteiger partial charge in [0.05, 0.1) is 0 Å². The smallest absolute Gasteiger partial charge is 0.241 e. The number of benzene rings is 1. The van der Waals surface area contributed by atoms with Gasteiger partial charge < -0.3 is 10.6 Å². The molecule has 24 heavy (non-hydrogen) atoms. The van der Waals surface area contributed by atoms with Crippen LogP contribution in [0.2, 0.25) is 0 Å². The highest BCUT2D eigenvalue weighted by atomic mass is 32.2. The van der Waals surface area contributed by atoms with Gasteiger partial charge in [-0.05, 0) is 36.5 Å². The van der Waals surface area contributed by atoms with Crippen LogP contribution < -0.4 is 15.4 Å². The number of thiol groups is 1. The van der Waals surface area contributed by atoms with Gasteiger partial charge >= 0.3 is 0 Å². The first-order chi connectivity index (χ1) is 11.5. The number of nitrogens with one attached hydrogen (secondary N) is 2. The molecule has 1 fully saturated rings. The van der Waals surface area contributed by atoms with Gasteiger partial charge in [-0.3, -0.25) is 0 Å². The maximum Gasteiger partial charge on any atom is 0.241 e. The molecule has 2 heterocycles. The van der Waals surface area contributed by atoms with Crippen LogP contribution in [0.25, 0.3) is 0 Å². The van der Waals surface area contributed by atoms with Crippen molar-refractivity contribution in [2.75, 3.05) is 23.7 Å². The van der Waals surface area contributed by atoms with E-state index in [-0.39, 0.29) is 23.7 Å². The van der Waals surface area contributed by atoms with Gasteiger partial charge in [0, 0.05) is 19.1 Å². The zero-order valence-corrected chi connectivity index (χ0v) is 13.7. The molecule has 1 atom stereocenters. The molecule has 1 unspecified atom stereocenters. The first-order valence-electron chi connectivity index (χ1n) is 7.62. The van der Waals surface area contributed by atoms with Crippen molar-refractivity contribution in [3.63, 3.8) is 0 Å². The molecule has 130 valence electrons. The second-order valence-electron chi connectivity index (χ2n) is 5.76. The minimum absolute atomic E-state index is 0.111. The van der Waals surface area contributed by atoms with Gasteiger partial charge in [-0.2, -0.15) is 4.98 Å². The second kappa shape index (κ2) is 7.14. The number of nitrogens with two attached hydrogens (primary N) is 1. The van der Waals surface area contributed by atoms with E-state index in [1.807, 2.05) is 4.90 Å². The Bertz CT molecular complexity index is 747. The first kappa shape index (κ1) is 16.7. The molecule has 0 bridgehead atoms. The molecule has 1 saturated heterocycles. The quantitative estimate of drug-likeness (QED) is 0.584. The predicted octanol–water partition coefficient (Wildman–Crippen LogP) is 0.600. The number of nitrogen functional groups attached to an aromatic ring is 1. The van der Waals surface area contributed by atoms with E-state index < -0.39 is 10.9 Å². The van der Waals surface area contributed by atoms with Crippen LogP contribution in [-0.4, -0.2) is 36.7 Å². The zero-order chi connectivity index (χ0) is 17.1. The molecule has 1 aromatic heterocycles. The van der Waals surface area contributed by atoms with Crippen LogP contribution in [0.15, 0.2) is 24.3 Å². The van der Waals surface area contributed by atoms with Crippen LogP contribution in [0.4, 0.5) is 16.3 Å². The molecule has 0 aliphatic carbocycles. The maximum atomic E-state index is 13.1. The largest absolute Gasteiger partial charge is 0.366 e. The number of piperidine rings is 1. The highest BCUT2D eigenvalue weighted by Crippen LogP contribution is 2.32. The predicted molar refractivity (Wildman–Crippen MR) is 88.3 cm³/mol. The van der Waals surface area contributed by atoms with E-state index in [9.17, 15) is 12.8 Å². The molecule has 0 spiro atoms. The van der Waals surface area contributed by atoms with Crippen molar-refractivity contribution in [1.82, 2.24) is 19.9 Å². The lowest BCUT2D eigenvalue weighted by molar-refractivity contribution is 0.327. The number of nitrogens with zero attached hydrogens (tertiary/aromatic N) is 3. The molecule has 0 saturated carbocycles. The second-order valence-corrected chi connectivity index (χ2v) is 6.53. The van der Waals surface area contributed by atoms with Crippen LogP contribution >= 0.6 is 0 Å². The van der Waals surface area contributed by atoms with Crippen molar-refractivity contribution in [3.8, 4) is 0 Å². The Labute approximate surface area is 140 Å². The van der Waals surface area contributed by atoms with Crippen molar-refractivity contribution in [2.45, 2.75) is 18.9 Å². The average Bonchev–Trinajstić information content (AvgIpc) is 3.00. The molecule has 8 nitrogen and oxygen atoms in total. The minimum atomic E-state index is -2.75. The molecule has 0 radical (unpaired) electrons. The number of hydrogen-bond acceptors (Lipinski definition) is 6. The Balaban J connectivity index is 1.71. The number of aromatic nitrogens is 3. The summed E-state index contributed by atoms with van der Waals surface area (Å²) in [6, 6.07) is 5.56. The molecular formula is C14H19FN6O2S. The fourth-order valence-corrected chi connectivity index (χ4v) is 3.67. The Hall–Kier alpha value is -2.20. The summed E-state index contributed by atoms with van der Waals surface area (Å²) in [5.74, 6) is 0.579. The summed E-state index contributed by atoms with van der Waals surface area (Å²) in [6.07, 6.45) is 1.53. The van der Waals surface area contributed by atoms with Crippen LogP contribution in [0.3, 0.4) is 0 Å². The Morgan fingerprint density at radius 2 is 1.96 bits per heavy atom. The first-order valence-corrected chi connectivity index (χ1v) is 8.79. The van der Waals surface area contributed by atoms with Gasteiger partial charge in [-0.25, -0.2) is 22.6 Å². The molecule has 1 aliphatic rings. The molecule has 1 aromatic carbocycles.